The molecule has 116 valence electrons. The van der Waals surface area contributed by atoms with Crippen molar-refractivity contribution in [1.82, 2.24) is 5.32 Å². The summed E-state index contributed by atoms with van der Waals surface area (Å²) in [7, 11) is 0. The Morgan fingerprint density at radius 1 is 1.19 bits per heavy atom. The molecule has 0 heterocycles. The second kappa shape index (κ2) is 8.42. The third-order valence-corrected chi connectivity index (χ3v) is 3.33. The first kappa shape index (κ1) is 17.2. The third kappa shape index (κ3) is 5.95. The molecule has 0 aromatic heterocycles. The van der Waals surface area contributed by atoms with E-state index in [2.05, 4.69) is 5.32 Å². The van der Waals surface area contributed by atoms with Crippen LogP contribution in [0.1, 0.15) is 26.3 Å². The monoisotopic (exact) mass is 293 g/mol. The van der Waals surface area contributed by atoms with Gasteiger partial charge in [-0.15, -0.1) is 0 Å². The van der Waals surface area contributed by atoms with Gasteiger partial charge in [0.05, 0.1) is 12.5 Å². The number of amides is 1. The molecule has 21 heavy (non-hydrogen) atoms. The van der Waals surface area contributed by atoms with Crippen LogP contribution < -0.4 is 5.32 Å². The topological polar surface area (TPSA) is 75.6 Å². The van der Waals surface area contributed by atoms with Gasteiger partial charge in [0.1, 0.15) is 6.10 Å². The van der Waals surface area contributed by atoms with Crippen LogP contribution in [0, 0.1) is 11.8 Å². The summed E-state index contributed by atoms with van der Waals surface area (Å²) in [4.78, 5) is 22.9. The number of ether oxygens (including phenoxy) is 1. The van der Waals surface area contributed by atoms with Gasteiger partial charge in [-0.05, 0) is 18.4 Å². The van der Waals surface area contributed by atoms with Crippen LogP contribution >= 0.6 is 0 Å². The molecule has 0 spiro atoms. The molecular weight excluding hydrogens is 270 g/mol. The molecule has 0 aliphatic rings. The summed E-state index contributed by atoms with van der Waals surface area (Å²) in [6.07, 6.45) is -0.619. The van der Waals surface area contributed by atoms with E-state index in [1.54, 1.807) is 6.92 Å². The third-order valence-electron chi connectivity index (χ3n) is 3.33. The first-order chi connectivity index (χ1) is 9.91. The predicted molar refractivity (Wildman–Crippen MR) is 79.7 cm³/mol. The zero-order chi connectivity index (χ0) is 15.8. The van der Waals surface area contributed by atoms with E-state index < -0.39 is 18.0 Å². The Kier molecular flexibility index (Phi) is 6.88. The van der Waals surface area contributed by atoms with Crippen LogP contribution in [0.4, 0.5) is 0 Å². The molecule has 0 radical (unpaired) electrons. The highest BCUT2D eigenvalue weighted by Crippen LogP contribution is 2.10. The number of hydrogen-bond acceptors (Lipinski definition) is 3. The van der Waals surface area contributed by atoms with Gasteiger partial charge in [0, 0.05) is 6.54 Å². The first-order valence-electron chi connectivity index (χ1n) is 7.08. The van der Waals surface area contributed by atoms with Crippen LogP contribution in [0.2, 0.25) is 0 Å². The number of benzene rings is 1. The summed E-state index contributed by atoms with van der Waals surface area (Å²) in [6, 6.07) is 9.57. The average Bonchev–Trinajstić information content (AvgIpc) is 2.45. The molecule has 0 aliphatic carbocycles. The van der Waals surface area contributed by atoms with Gasteiger partial charge in [0.2, 0.25) is 5.91 Å². The second-order valence-corrected chi connectivity index (χ2v) is 5.37. The van der Waals surface area contributed by atoms with Gasteiger partial charge >= 0.3 is 5.97 Å². The van der Waals surface area contributed by atoms with Crippen LogP contribution in [-0.2, 0) is 20.9 Å². The fourth-order valence-corrected chi connectivity index (χ4v) is 1.83. The van der Waals surface area contributed by atoms with Crippen molar-refractivity contribution in [2.75, 3.05) is 6.54 Å². The number of aliphatic carboxylic acids is 1. The van der Waals surface area contributed by atoms with E-state index in [1.165, 1.54) is 0 Å². The van der Waals surface area contributed by atoms with Gasteiger partial charge in [-0.25, -0.2) is 0 Å². The Bertz CT molecular complexity index is 459. The molecule has 0 saturated carbocycles. The molecule has 5 nitrogen and oxygen atoms in total. The minimum atomic E-state index is -0.900. The Morgan fingerprint density at radius 2 is 1.81 bits per heavy atom. The number of nitrogens with one attached hydrogen (secondary N) is 1. The fraction of sp³-hybridized carbons (Fsp3) is 0.500. The Labute approximate surface area is 125 Å². The molecule has 2 atom stereocenters. The maximum Gasteiger partial charge on any atom is 0.308 e. The highest BCUT2D eigenvalue weighted by Gasteiger charge is 2.23. The number of carbonyl (C=O) groups excluding carboxylic acids is 1. The molecular formula is C16H23NO4. The lowest BCUT2D eigenvalue weighted by molar-refractivity contribution is -0.143. The molecule has 1 aromatic rings. The van der Waals surface area contributed by atoms with E-state index in [1.807, 2.05) is 44.2 Å². The number of rotatable bonds is 8. The number of carboxylic acid groups (broad SMARTS) is 1. The minimum absolute atomic E-state index is 0.0386. The van der Waals surface area contributed by atoms with Gasteiger partial charge in [0.15, 0.2) is 0 Å². The molecule has 2 N–H and O–H groups in total. The quantitative estimate of drug-likeness (QED) is 0.769. The average molecular weight is 293 g/mol. The molecule has 1 amide bonds. The molecule has 0 aliphatic heterocycles. The molecule has 0 fully saturated rings. The Morgan fingerprint density at radius 3 is 2.33 bits per heavy atom. The van der Waals surface area contributed by atoms with Gasteiger partial charge < -0.3 is 15.2 Å². The van der Waals surface area contributed by atoms with E-state index in [0.717, 1.165) is 5.56 Å². The van der Waals surface area contributed by atoms with Crippen LogP contribution in [0.5, 0.6) is 0 Å². The lowest BCUT2D eigenvalue weighted by Gasteiger charge is -2.19. The molecule has 1 aromatic carbocycles. The van der Waals surface area contributed by atoms with Crippen molar-refractivity contribution < 1.29 is 19.4 Å². The van der Waals surface area contributed by atoms with Crippen molar-refractivity contribution >= 4 is 11.9 Å². The van der Waals surface area contributed by atoms with Crippen molar-refractivity contribution in [2.24, 2.45) is 11.8 Å². The van der Waals surface area contributed by atoms with Gasteiger partial charge in [0.25, 0.3) is 0 Å². The van der Waals surface area contributed by atoms with Crippen molar-refractivity contribution in [3.63, 3.8) is 0 Å². The molecule has 0 saturated heterocycles. The van der Waals surface area contributed by atoms with Crippen LogP contribution in [-0.4, -0.2) is 29.6 Å². The number of carbonyl (C=O) groups is 2. The van der Waals surface area contributed by atoms with Crippen molar-refractivity contribution in [2.45, 2.75) is 33.5 Å². The summed E-state index contributed by atoms with van der Waals surface area (Å²) in [6.45, 7) is 5.76. The second-order valence-electron chi connectivity index (χ2n) is 5.37. The predicted octanol–water partition coefficient (Wildman–Crippen LogP) is 2.06. The van der Waals surface area contributed by atoms with Gasteiger partial charge in [-0.2, -0.15) is 0 Å². The lowest BCUT2D eigenvalue weighted by atomic mass is 9.96. The van der Waals surface area contributed by atoms with Gasteiger partial charge in [-0.1, -0.05) is 44.2 Å². The summed E-state index contributed by atoms with van der Waals surface area (Å²) in [5, 5.41) is 11.7. The maximum atomic E-state index is 11.9. The van der Waals surface area contributed by atoms with E-state index in [4.69, 9.17) is 9.84 Å². The lowest BCUT2D eigenvalue weighted by Crippen LogP contribution is -2.40. The molecule has 5 heteroatoms. The molecule has 2 unspecified atom stereocenters. The largest absolute Gasteiger partial charge is 0.481 e. The van der Waals surface area contributed by atoms with Crippen molar-refractivity contribution in [3.8, 4) is 0 Å². The number of hydrogen-bond donors (Lipinski definition) is 2. The first-order valence-corrected chi connectivity index (χ1v) is 7.08. The summed E-state index contributed by atoms with van der Waals surface area (Å²) in [5.41, 5.74) is 0.989. The van der Waals surface area contributed by atoms with E-state index in [9.17, 15) is 9.59 Å². The van der Waals surface area contributed by atoms with Crippen LogP contribution in [0.15, 0.2) is 30.3 Å². The minimum Gasteiger partial charge on any atom is -0.481 e. The fourth-order valence-electron chi connectivity index (χ4n) is 1.83. The van der Waals surface area contributed by atoms with Crippen LogP contribution in [0.3, 0.4) is 0 Å². The molecule has 1 rings (SSSR count). The maximum absolute atomic E-state index is 11.9. The summed E-state index contributed by atoms with van der Waals surface area (Å²) in [5.74, 6) is -1.82. The summed E-state index contributed by atoms with van der Waals surface area (Å²) < 4.78 is 5.48. The zero-order valence-corrected chi connectivity index (χ0v) is 12.7. The van der Waals surface area contributed by atoms with Crippen LogP contribution in [0.25, 0.3) is 0 Å². The van der Waals surface area contributed by atoms with Crippen molar-refractivity contribution in [1.29, 1.82) is 0 Å². The molecule has 0 bridgehead atoms. The van der Waals surface area contributed by atoms with Gasteiger partial charge in [-0.3, -0.25) is 9.59 Å². The zero-order valence-electron chi connectivity index (χ0n) is 12.7. The normalized spacial score (nSPS) is 13.7. The number of carboxylic acids is 1. The van der Waals surface area contributed by atoms with Crippen molar-refractivity contribution in [3.05, 3.63) is 35.9 Å². The highest BCUT2D eigenvalue weighted by atomic mass is 16.5. The van der Waals surface area contributed by atoms with E-state index in [-0.39, 0.29) is 18.4 Å². The summed E-state index contributed by atoms with van der Waals surface area (Å²) >= 11 is 0. The Balaban J connectivity index is 2.39. The highest BCUT2D eigenvalue weighted by molar-refractivity contribution is 5.81. The van der Waals surface area contributed by atoms with E-state index in [0.29, 0.717) is 6.61 Å². The Hall–Kier alpha value is -1.88. The smallest absolute Gasteiger partial charge is 0.308 e. The standard InChI is InChI=1S/C16H23NO4/c1-11(2)14(16(19)20)9-17-15(18)12(3)21-10-13-7-5-4-6-8-13/h4-8,11-12,14H,9-10H2,1-3H3,(H,17,18)(H,19,20). The van der Waals surface area contributed by atoms with E-state index >= 15 is 0 Å². The SMILES string of the molecule is CC(OCc1ccccc1)C(=O)NCC(C(=O)O)C(C)C.